The Kier molecular flexibility index (Phi) is 5.76. The van der Waals surface area contributed by atoms with Crippen LogP contribution in [0.3, 0.4) is 0 Å². The van der Waals surface area contributed by atoms with E-state index in [1.54, 1.807) is 0 Å². The molecule has 3 aliphatic rings. The monoisotopic (exact) mass is 450 g/mol. The molecule has 4 unspecified atom stereocenters. The average Bonchev–Trinajstić information content (AvgIpc) is 3.35. The van der Waals surface area contributed by atoms with E-state index in [0.29, 0.717) is 13.0 Å². The van der Waals surface area contributed by atoms with E-state index in [-0.39, 0.29) is 43.5 Å². The quantitative estimate of drug-likeness (QED) is 0.597. The van der Waals surface area contributed by atoms with E-state index >= 15 is 0 Å². The molecular formula is C25H26N2O6. The molecule has 0 bridgehead atoms. The van der Waals surface area contributed by atoms with Crippen molar-refractivity contribution in [1.29, 1.82) is 0 Å². The standard InChI is InChI=1S/C25H26N2O6/c28-23(26-10-14-9-19(14)24(29)30)21-11-32-13-22(21)27-25(31)33-12-20-17-7-3-1-5-15(17)16-6-2-4-8-18(16)20/h1-8,14,19-22H,9-13H2,(H,26,28)(H,27,31)(H,29,30). The van der Waals surface area contributed by atoms with Gasteiger partial charge in [-0.25, -0.2) is 4.79 Å². The number of rotatable bonds is 7. The number of carboxylic acids is 1. The molecule has 0 spiro atoms. The van der Waals surface area contributed by atoms with Crippen molar-refractivity contribution >= 4 is 18.0 Å². The van der Waals surface area contributed by atoms with Crippen molar-refractivity contribution in [3.8, 4) is 11.1 Å². The van der Waals surface area contributed by atoms with Crippen molar-refractivity contribution in [3.63, 3.8) is 0 Å². The maximum atomic E-state index is 12.6. The summed E-state index contributed by atoms with van der Waals surface area (Å²) in [4.78, 5) is 36.1. The van der Waals surface area contributed by atoms with Gasteiger partial charge in [-0.05, 0) is 34.6 Å². The summed E-state index contributed by atoms with van der Waals surface area (Å²) in [6.07, 6.45) is -0.00335. The zero-order valence-corrected chi connectivity index (χ0v) is 18.0. The van der Waals surface area contributed by atoms with Gasteiger partial charge in [-0.15, -0.1) is 0 Å². The fourth-order valence-corrected chi connectivity index (χ4v) is 4.88. The van der Waals surface area contributed by atoms with Gasteiger partial charge in [0.05, 0.1) is 31.1 Å². The van der Waals surface area contributed by atoms with Crippen LogP contribution >= 0.6 is 0 Å². The topological polar surface area (TPSA) is 114 Å². The second kappa shape index (κ2) is 8.86. The molecule has 1 aliphatic heterocycles. The number of carbonyl (C=O) groups is 3. The van der Waals surface area contributed by atoms with Crippen LogP contribution in [0.1, 0.15) is 23.5 Å². The summed E-state index contributed by atoms with van der Waals surface area (Å²) < 4.78 is 11.0. The van der Waals surface area contributed by atoms with Crippen LogP contribution in [0.4, 0.5) is 4.79 Å². The first-order valence-electron chi connectivity index (χ1n) is 11.2. The lowest BCUT2D eigenvalue weighted by atomic mass is 9.98. The Morgan fingerprint density at radius 3 is 2.27 bits per heavy atom. The molecule has 2 aromatic carbocycles. The van der Waals surface area contributed by atoms with Crippen LogP contribution in [0.2, 0.25) is 0 Å². The van der Waals surface area contributed by atoms with Crippen LogP contribution in [-0.2, 0) is 19.1 Å². The largest absolute Gasteiger partial charge is 0.481 e. The van der Waals surface area contributed by atoms with Crippen LogP contribution in [0.25, 0.3) is 11.1 Å². The number of carboxylic acid groups (broad SMARTS) is 1. The third-order valence-electron chi connectivity index (χ3n) is 6.84. The minimum Gasteiger partial charge on any atom is -0.481 e. The average molecular weight is 450 g/mol. The Balaban J connectivity index is 1.15. The van der Waals surface area contributed by atoms with Crippen LogP contribution in [0.15, 0.2) is 48.5 Å². The van der Waals surface area contributed by atoms with Gasteiger partial charge in [-0.2, -0.15) is 0 Å². The molecule has 1 saturated heterocycles. The van der Waals surface area contributed by atoms with Crippen molar-refractivity contribution in [2.75, 3.05) is 26.4 Å². The number of ether oxygens (including phenoxy) is 2. The maximum Gasteiger partial charge on any atom is 0.407 e. The fourth-order valence-electron chi connectivity index (χ4n) is 4.88. The van der Waals surface area contributed by atoms with Crippen LogP contribution in [0, 0.1) is 17.8 Å². The molecule has 2 aromatic rings. The Bertz CT molecular complexity index is 1040. The molecule has 4 atom stereocenters. The minimum atomic E-state index is -0.826. The molecule has 5 rings (SSSR count). The molecule has 2 amide bonds. The van der Waals surface area contributed by atoms with Gasteiger partial charge in [0.15, 0.2) is 0 Å². The highest BCUT2D eigenvalue weighted by Gasteiger charge is 2.44. The third-order valence-corrected chi connectivity index (χ3v) is 6.84. The summed E-state index contributed by atoms with van der Waals surface area (Å²) in [5.41, 5.74) is 4.58. The Hall–Kier alpha value is -3.39. The number of alkyl carbamates (subject to hydrolysis) is 1. The van der Waals surface area contributed by atoms with E-state index in [2.05, 4.69) is 34.9 Å². The second-order valence-electron chi connectivity index (χ2n) is 8.91. The number of hydrogen-bond acceptors (Lipinski definition) is 5. The molecule has 0 radical (unpaired) electrons. The van der Waals surface area contributed by atoms with Gasteiger partial charge in [0, 0.05) is 12.5 Å². The van der Waals surface area contributed by atoms with Crippen molar-refractivity contribution in [2.24, 2.45) is 17.8 Å². The van der Waals surface area contributed by atoms with E-state index in [1.165, 1.54) is 0 Å². The molecule has 1 heterocycles. The lowest BCUT2D eigenvalue weighted by Crippen LogP contribution is -2.47. The number of nitrogens with one attached hydrogen (secondary N) is 2. The molecule has 172 valence electrons. The molecule has 1 saturated carbocycles. The number of fused-ring (bicyclic) bond motifs is 3. The van der Waals surface area contributed by atoms with Crippen molar-refractivity contribution in [1.82, 2.24) is 10.6 Å². The highest BCUT2D eigenvalue weighted by molar-refractivity contribution is 5.82. The number of amides is 2. The smallest absolute Gasteiger partial charge is 0.407 e. The summed E-state index contributed by atoms with van der Waals surface area (Å²) in [7, 11) is 0. The van der Waals surface area contributed by atoms with Gasteiger partial charge in [0.25, 0.3) is 0 Å². The molecule has 8 heteroatoms. The van der Waals surface area contributed by atoms with Gasteiger partial charge in [-0.1, -0.05) is 48.5 Å². The van der Waals surface area contributed by atoms with Gasteiger partial charge < -0.3 is 25.2 Å². The summed E-state index contributed by atoms with van der Waals surface area (Å²) >= 11 is 0. The van der Waals surface area contributed by atoms with Gasteiger partial charge in [-0.3, -0.25) is 9.59 Å². The van der Waals surface area contributed by atoms with Gasteiger partial charge >= 0.3 is 12.1 Å². The van der Waals surface area contributed by atoms with E-state index < -0.39 is 24.0 Å². The van der Waals surface area contributed by atoms with Crippen LogP contribution < -0.4 is 10.6 Å². The molecular weight excluding hydrogens is 424 g/mol. The first kappa shape index (κ1) is 21.5. The van der Waals surface area contributed by atoms with Crippen molar-refractivity contribution < 1.29 is 29.0 Å². The summed E-state index contributed by atoms with van der Waals surface area (Å²) in [6, 6.07) is 15.7. The summed E-state index contributed by atoms with van der Waals surface area (Å²) in [5, 5.41) is 14.6. The Morgan fingerprint density at radius 2 is 1.64 bits per heavy atom. The van der Waals surface area contributed by atoms with Crippen molar-refractivity contribution in [2.45, 2.75) is 18.4 Å². The maximum absolute atomic E-state index is 12.6. The SMILES string of the molecule is O=C(NC1COCC1C(=O)NCC1CC1C(=O)O)OCC1c2ccccc2-c2ccccc21. The van der Waals surface area contributed by atoms with Crippen LogP contribution in [0.5, 0.6) is 0 Å². The lowest BCUT2D eigenvalue weighted by Gasteiger charge is -2.20. The van der Waals surface area contributed by atoms with E-state index in [0.717, 1.165) is 22.3 Å². The van der Waals surface area contributed by atoms with Gasteiger partial charge in [0.1, 0.15) is 6.61 Å². The number of aliphatic carboxylic acids is 1. The molecule has 8 nitrogen and oxygen atoms in total. The molecule has 3 N–H and O–H groups in total. The van der Waals surface area contributed by atoms with Gasteiger partial charge in [0.2, 0.25) is 5.91 Å². The first-order chi connectivity index (χ1) is 16.0. The summed E-state index contributed by atoms with van der Waals surface area (Å²) in [5.74, 6) is -2.04. The van der Waals surface area contributed by atoms with E-state index in [1.807, 2.05) is 24.3 Å². The second-order valence-corrected chi connectivity index (χ2v) is 8.91. The van der Waals surface area contributed by atoms with E-state index in [4.69, 9.17) is 14.6 Å². The fraction of sp³-hybridized carbons (Fsp3) is 0.400. The normalized spacial score (nSPS) is 25.1. The molecule has 2 fully saturated rings. The first-order valence-corrected chi connectivity index (χ1v) is 11.2. The third kappa shape index (κ3) is 4.30. The predicted octanol–water partition coefficient (Wildman–Crippen LogP) is 2.38. The Morgan fingerprint density at radius 1 is 0.970 bits per heavy atom. The van der Waals surface area contributed by atoms with Crippen molar-refractivity contribution in [3.05, 3.63) is 59.7 Å². The zero-order valence-electron chi connectivity index (χ0n) is 18.0. The summed E-state index contributed by atoms with van der Waals surface area (Å²) in [6.45, 7) is 0.948. The zero-order chi connectivity index (χ0) is 22.9. The molecule has 0 aromatic heterocycles. The lowest BCUT2D eigenvalue weighted by molar-refractivity contribution is -0.139. The van der Waals surface area contributed by atoms with Crippen LogP contribution in [-0.4, -0.2) is 55.5 Å². The number of carbonyl (C=O) groups excluding carboxylic acids is 2. The molecule has 2 aliphatic carbocycles. The number of hydrogen-bond donors (Lipinski definition) is 3. The van der Waals surface area contributed by atoms with E-state index in [9.17, 15) is 14.4 Å². The minimum absolute atomic E-state index is 0.0256. The highest BCUT2D eigenvalue weighted by atomic mass is 16.5. The number of benzene rings is 2. The Labute approximate surface area is 191 Å². The molecule has 33 heavy (non-hydrogen) atoms. The highest BCUT2D eigenvalue weighted by Crippen LogP contribution is 2.44. The predicted molar refractivity (Wildman–Crippen MR) is 119 cm³/mol.